The van der Waals surface area contributed by atoms with Crippen molar-refractivity contribution >= 4 is 28.2 Å². The van der Waals surface area contributed by atoms with Crippen LogP contribution in [-0.4, -0.2) is 57.0 Å². The van der Waals surface area contributed by atoms with Crippen LogP contribution >= 0.6 is 7.92 Å². The molecule has 6 radical (unpaired) electrons. The van der Waals surface area contributed by atoms with Crippen molar-refractivity contribution in [3.63, 3.8) is 0 Å². The van der Waals surface area contributed by atoms with Crippen LogP contribution in [0.25, 0.3) is 0 Å². The number of alkyl halides is 6. The standard InChI is InChI=1S/C10H15.C3H9P.2CHF3O3S.Rh/c1-6-7(2)9(4)10(5)8(6)3;1-4(2)3;2*2-1(3,4)8(5,6)7;/h1-5H3;1-3H3;2*(H,5,6,7);. The van der Waals surface area contributed by atoms with Crippen molar-refractivity contribution in [2.24, 2.45) is 0 Å². The van der Waals surface area contributed by atoms with Crippen molar-refractivity contribution < 1.29 is 71.8 Å². The Morgan fingerprint density at radius 2 is 0.645 bits per heavy atom. The SMILES string of the molecule is CP(C)C.C[C]1[C](C)[C](C)[C](C)[C]1C.O=S(=O)(O)C(F)(F)F.O=S(=O)(O)C(F)(F)F.[Rh]. The normalized spacial score (nSPS) is 17.6. The predicted molar refractivity (Wildman–Crippen MR) is 104 cm³/mol. The molecule has 190 valence electrons. The molecule has 0 aromatic heterocycles. The molecule has 1 rings (SSSR count). The molecule has 31 heavy (non-hydrogen) atoms. The fourth-order valence-electron chi connectivity index (χ4n) is 1.41. The third-order valence-corrected chi connectivity index (χ3v) is 4.57. The van der Waals surface area contributed by atoms with Gasteiger partial charge in [-0.25, -0.2) is 0 Å². The van der Waals surface area contributed by atoms with E-state index >= 15 is 0 Å². The molecule has 6 nitrogen and oxygen atoms in total. The molecule has 1 fully saturated rings. The maximum Gasteiger partial charge on any atom is 0.522 e. The second-order valence-corrected chi connectivity index (χ2v) is 11.8. The summed E-state index contributed by atoms with van der Waals surface area (Å²) in [4.78, 5) is 0. The van der Waals surface area contributed by atoms with E-state index in [0.29, 0.717) is 7.92 Å². The average molecular weight is 614 g/mol. The van der Waals surface area contributed by atoms with Gasteiger partial charge in [-0.3, -0.25) is 9.11 Å². The summed E-state index contributed by atoms with van der Waals surface area (Å²) in [6, 6.07) is 0. The molecule has 1 aliphatic rings. The van der Waals surface area contributed by atoms with Crippen LogP contribution in [0.5, 0.6) is 0 Å². The second-order valence-electron chi connectivity index (χ2n) is 6.31. The van der Waals surface area contributed by atoms with Gasteiger partial charge in [0.2, 0.25) is 0 Å². The van der Waals surface area contributed by atoms with Crippen LogP contribution in [-0.2, 0) is 39.7 Å². The Kier molecular flexibility index (Phi) is 18.3. The van der Waals surface area contributed by atoms with Gasteiger partial charge in [-0.15, -0.1) is 7.92 Å². The van der Waals surface area contributed by atoms with E-state index in [4.69, 9.17) is 25.9 Å². The average Bonchev–Trinajstić information content (AvgIpc) is 2.62. The van der Waals surface area contributed by atoms with E-state index < -0.39 is 31.3 Å². The fourth-order valence-corrected chi connectivity index (χ4v) is 1.41. The number of hydrogen-bond acceptors (Lipinski definition) is 4. The van der Waals surface area contributed by atoms with E-state index in [1.807, 2.05) is 0 Å². The monoisotopic (exact) mass is 614 g/mol. The van der Waals surface area contributed by atoms with Gasteiger partial charge in [-0.2, -0.15) is 43.2 Å². The summed E-state index contributed by atoms with van der Waals surface area (Å²) in [6.07, 6.45) is 0. The van der Waals surface area contributed by atoms with Gasteiger partial charge in [0, 0.05) is 19.5 Å². The molecule has 1 saturated carbocycles. The van der Waals surface area contributed by atoms with Crippen LogP contribution in [0.3, 0.4) is 0 Å². The second kappa shape index (κ2) is 14.7. The summed E-state index contributed by atoms with van der Waals surface area (Å²) >= 11 is 0. The van der Waals surface area contributed by atoms with Gasteiger partial charge >= 0.3 is 31.3 Å². The van der Waals surface area contributed by atoms with E-state index in [1.165, 1.54) is 29.6 Å². The third-order valence-electron chi connectivity index (χ3n) is 3.40. The van der Waals surface area contributed by atoms with E-state index in [9.17, 15) is 26.3 Å². The van der Waals surface area contributed by atoms with Crippen molar-refractivity contribution in [3.05, 3.63) is 29.6 Å². The molecule has 2 N–H and O–H groups in total. The Labute approximate surface area is 194 Å². The summed E-state index contributed by atoms with van der Waals surface area (Å²) in [5.74, 6) is 7.34. The maximum atomic E-state index is 10.7. The summed E-state index contributed by atoms with van der Waals surface area (Å²) in [7, 11) is -11.3. The topological polar surface area (TPSA) is 109 Å². The molecule has 0 amide bonds. The molecule has 0 saturated heterocycles. The van der Waals surface area contributed by atoms with E-state index in [0.717, 1.165) is 0 Å². The van der Waals surface area contributed by atoms with Gasteiger partial charge in [0.15, 0.2) is 0 Å². The quantitative estimate of drug-likeness (QED) is 0.129. The largest absolute Gasteiger partial charge is 0.522 e. The first-order valence-corrected chi connectivity index (χ1v) is 13.2. The molecular formula is C15H26F6O6PRhS2. The molecule has 0 aliphatic heterocycles. The van der Waals surface area contributed by atoms with Crippen LogP contribution in [0.1, 0.15) is 34.6 Å². The number of hydrogen-bond donors (Lipinski definition) is 2. The molecule has 0 heterocycles. The van der Waals surface area contributed by atoms with Gasteiger partial charge in [-0.1, -0.05) is 34.6 Å². The molecule has 0 spiro atoms. The summed E-state index contributed by atoms with van der Waals surface area (Å²) in [5.41, 5.74) is -11.1. The Hall–Kier alpha value is 0.453. The van der Waals surface area contributed by atoms with E-state index in [-0.39, 0.29) is 19.5 Å². The van der Waals surface area contributed by atoms with Crippen molar-refractivity contribution in [2.75, 3.05) is 20.0 Å². The molecule has 0 aromatic rings. The van der Waals surface area contributed by atoms with Crippen LogP contribution in [0.15, 0.2) is 0 Å². The Morgan fingerprint density at radius 3 is 0.677 bits per heavy atom. The minimum atomic E-state index is -5.84. The van der Waals surface area contributed by atoms with Crippen molar-refractivity contribution in [3.8, 4) is 0 Å². The fraction of sp³-hybridized carbons (Fsp3) is 0.667. The zero-order chi connectivity index (χ0) is 25.5. The molecule has 16 heteroatoms. The Morgan fingerprint density at radius 1 is 0.581 bits per heavy atom. The minimum Gasteiger partial charge on any atom is -0.279 e. The Bertz CT molecular complexity index is 608. The number of rotatable bonds is 0. The van der Waals surface area contributed by atoms with Gasteiger partial charge in [-0.05, 0) is 49.6 Å². The first-order valence-electron chi connectivity index (χ1n) is 7.67. The van der Waals surface area contributed by atoms with Gasteiger partial charge in [0.05, 0.1) is 0 Å². The van der Waals surface area contributed by atoms with Gasteiger partial charge < -0.3 is 0 Å². The first-order chi connectivity index (χ1) is 12.8. The first kappa shape index (κ1) is 38.7. The predicted octanol–water partition coefficient (Wildman–Crippen LogP) is 5.12. The molecule has 0 unspecified atom stereocenters. The van der Waals surface area contributed by atoms with Crippen LogP contribution in [0.2, 0.25) is 0 Å². The van der Waals surface area contributed by atoms with Gasteiger partial charge in [0.25, 0.3) is 0 Å². The van der Waals surface area contributed by atoms with Crippen molar-refractivity contribution in [2.45, 2.75) is 45.6 Å². The van der Waals surface area contributed by atoms with E-state index in [1.54, 1.807) is 0 Å². The zero-order valence-corrected chi connectivity index (χ0v) is 22.1. The molecular weight excluding hydrogens is 588 g/mol. The summed E-state index contributed by atoms with van der Waals surface area (Å²) in [6.45, 7) is 17.7. The zero-order valence-electron chi connectivity index (χ0n) is 17.9. The van der Waals surface area contributed by atoms with Crippen LogP contribution in [0.4, 0.5) is 26.3 Å². The third kappa shape index (κ3) is 16.7. The van der Waals surface area contributed by atoms with E-state index in [2.05, 4.69) is 54.6 Å². The molecule has 0 atom stereocenters. The number of halogens is 6. The van der Waals surface area contributed by atoms with Crippen molar-refractivity contribution in [1.82, 2.24) is 0 Å². The molecule has 1 aliphatic carbocycles. The van der Waals surface area contributed by atoms with Gasteiger partial charge in [0.1, 0.15) is 0 Å². The molecule has 0 aromatic carbocycles. The summed E-state index contributed by atoms with van der Waals surface area (Å²) in [5, 5.41) is 0. The molecule has 0 bridgehead atoms. The smallest absolute Gasteiger partial charge is 0.279 e. The minimum absolute atomic E-state index is 0. The van der Waals surface area contributed by atoms with Crippen LogP contribution in [0, 0.1) is 29.6 Å². The Balaban J connectivity index is -0.000000161. The summed E-state index contributed by atoms with van der Waals surface area (Å²) < 4.78 is 115. The maximum absolute atomic E-state index is 10.7. The van der Waals surface area contributed by atoms with Crippen LogP contribution < -0.4 is 0 Å². The van der Waals surface area contributed by atoms with Crippen molar-refractivity contribution in [1.29, 1.82) is 0 Å².